The monoisotopic (exact) mass is 308 g/mol. The van der Waals surface area contributed by atoms with Crippen molar-refractivity contribution < 1.29 is 9.18 Å². The van der Waals surface area contributed by atoms with Crippen LogP contribution in [0, 0.1) is 17.1 Å². The molecule has 0 atom stereocenters. The molecule has 0 bridgehead atoms. The van der Waals surface area contributed by atoms with E-state index in [0.29, 0.717) is 5.02 Å². The van der Waals surface area contributed by atoms with Gasteiger partial charge >= 0.3 is 0 Å². The summed E-state index contributed by atoms with van der Waals surface area (Å²) in [5, 5.41) is 11.8. The Morgan fingerprint density at radius 2 is 1.95 bits per heavy atom. The Morgan fingerprint density at radius 1 is 1.20 bits per heavy atom. The number of amides is 1. The predicted molar refractivity (Wildman–Crippen MR) is 75.5 cm³/mol. The molecule has 2 aromatic rings. The van der Waals surface area contributed by atoms with E-state index in [1.807, 2.05) is 6.07 Å². The molecule has 6 heteroatoms. The van der Waals surface area contributed by atoms with Crippen LogP contribution in [-0.2, 0) is 0 Å². The summed E-state index contributed by atoms with van der Waals surface area (Å²) in [6.07, 6.45) is 0. The van der Waals surface area contributed by atoms with Crippen molar-refractivity contribution in [3.63, 3.8) is 0 Å². The molecule has 0 aliphatic rings. The van der Waals surface area contributed by atoms with E-state index >= 15 is 0 Å². The van der Waals surface area contributed by atoms with Crippen LogP contribution in [0.1, 0.15) is 15.9 Å². The Bertz CT molecular complexity index is 726. The second-order valence-corrected chi connectivity index (χ2v) is 4.73. The molecule has 3 nitrogen and oxygen atoms in total. The van der Waals surface area contributed by atoms with Crippen molar-refractivity contribution in [1.82, 2.24) is 0 Å². The average Bonchev–Trinajstić information content (AvgIpc) is 2.42. The van der Waals surface area contributed by atoms with Crippen molar-refractivity contribution in [2.75, 3.05) is 5.32 Å². The Hall–Kier alpha value is -2.09. The molecule has 2 rings (SSSR count). The molecule has 100 valence electrons. The van der Waals surface area contributed by atoms with Crippen LogP contribution in [-0.4, -0.2) is 5.91 Å². The van der Waals surface area contributed by atoms with Crippen LogP contribution in [0.25, 0.3) is 0 Å². The van der Waals surface area contributed by atoms with Gasteiger partial charge in [0, 0.05) is 10.6 Å². The summed E-state index contributed by atoms with van der Waals surface area (Å²) < 4.78 is 13.3. The van der Waals surface area contributed by atoms with Gasteiger partial charge in [-0.1, -0.05) is 23.2 Å². The molecule has 0 heterocycles. The van der Waals surface area contributed by atoms with Crippen LogP contribution in [0.2, 0.25) is 10.0 Å². The maximum absolute atomic E-state index is 13.3. The Kier molecular flexibility index (Phi) is 4.23. The van der Waals surface area contributed by atoms with Gasteiger partial charge in [0.2, 0.25) is 0 Å². The lowest BCUT2D eigenvalue weighted by atomic mass is 10.1. The molecule has 0 saturated carbocycles. The predicted octanol–water partition coefficient (Wildman–Crippen LogP) is 4.26. The van der Waals surface area contributed by atoms with Gasteiger partial charge in [-0.3, -0.25) is 4.79 Å². The number of benzene rings is 2. The van der Waals surface area contributed by atoms with E-state index in [0.717, 1.165) is 6.07 Å². The molecule has 0 unspecified atom stereocenters. The highest BCUT2D eigenvalue weighted by Gasteiger charge is 2.11. The average molecular weight is 309 g/mol. The Morgan fingerprint density at radius 3 is 2.60 bits per heavy atom. The number of carbonyl (C=O) groups is 1. The number of hydrogen-bond acceptors (Lipinski definition) is 2. The van der Waals surface area contributed by atoms with Gasteiger partial charge in [-0.05, 0) is 36.4 Å². The number of anilines is 1. The number of nitrogens with one attached hydrogen (secondary N) is 1. The third-order valence-electron chi connectivity index (χ3n) is 2.53. The van der Waals surface area contributed by atoms with Crippen LogP contribution < -0.4 is 5.32 Å². The second kappa shape index (κ2) is 5.91. The minimum Gasteiger partial charge on any atom is -0.321 e. The van der Waals surface area contributed by atoms with E-state index < -0.39 is 11.7 Å². The smallest absolute Gasteiger partial charge is 0.255 e. The van der Waals surface area contributed by atoms with Gasteiger partial charge in [0.25, 0.3) is 5.91 Å². The molecule has 0 spiro atoms. The third-order valence-corrected chi connectivity index (χ3v) is 3.07. The summed E-state index contributed by atoms with van der Waals surface area (Å²) in [5.41, 5.74) is 0.619. The number of carbonyl (C=O) groups excluding carboxylic acids is 1. The lowest BCUT2D eigenvalue weighted by molar-refractivity contribution is 0.102. The first-order valence-corrected chi connectivity index (χ1v) is 6.23. The van der Waals surface area contributed by atoms with E-state index in [1.54, 1.807) is 0 Å². The van der Waals surface area contributed by atoms with Crippen molar-refractivity contribution >= 4 is 34.8 Å². The molecule has 0 aliphatic carbocycles. The third kappa shape index (κ3) is 3.08. The maximum atomic E-state index is 13.3. The van der Waals surface area contributed by atoms with E-state index in [1.165, 1.54) is 30.3 Å². The molecular formula is C14H7Cl2FN2O. The van der Waals surface area contributed by atoms with E-state index in [2.05, 4.69) is 5.32 Å². The van der Waals surface area contributed by atoms with Crippen LogP contribution in [0.3, 0.4) is 0 Å². The van der Waals surface area contributed by atoms with Crippen LogP contribution in [0.4, 0.5) is 10.1 Å². The fourth-order valence-corrected chi connectivity index (χ4v) is 1.84. The quantitative estimate of drug-likeness (QED) is 0.901. The molecular weight excluding hydrogens is 302 g/mol. The molecule has 0 fully saturated rings. The summed E-state index contributed by atoms with van der Waals surface area (Å²) in [6, 6.07) is 10.1. The fourth-order valence-electron chi connectivity index (χ4n) is 1.55. The highest BCUT2D eigenvalue weighted by atomic mass is 35.5. The molecule has 0 aliphatic heterocycles. The first kappa shape index (κ1) is 14.3. The highest BCUT2D eigenvalue weighted by molar-refractivity contribution is 6.31. The van der Waals surface area contributed by atoms with Crippen molar-refractivity contribution in [2.45, 2.75) is 0 Å². The zero-order valence-electron chi connectivity index (χ0n) is 9.95. The van der Waals surface area contributed by atoms with Crippen molar-refractivity contribution in [3.05, 3.63) is 63.4 Å². The minimum atomic E-state index is -0.689. The molecule has 0 radical (unpaired) electrons. The lowest BCUT2D eigenvalue weighted by Gasteiger charge is -2.08. The van der Waals surface area contributed by atoms with E-state index in [9.17, 15) is 9.18 Å². The normalized spacial score (nSPS) is 9.90. The molecule has 1 N–H and O–H groups in total. The number of halogens is 3. The summed E-state index contributed by atoms with van der Waals surface area (Å²) in [6.45, 7) is 0. The molecule has 2 aromatic carbocycles. The summed E-state index contributed by atoms with van der Waals surface area (Å²) >= 11 is 11.4. The minimum absolute atomic E-state index is 0.0676. The summed E-state index contributed by atoms with van der Waals surface area (Å²) in [5.74, 6) is -1.25. The highest BCUT2D eigenvalue weighted by Crippen LogP contribution is 2.22. The van der Waals surface area contributed by atoms with Gasteiger partial charge in [-0.15, -0.1) is 0 Å². The Labute approximate surface area is 124 Å². The van der Waals surface area contributed by atoms with E-state index in [4.69, 9.17) is 28.5 Å². The zero-order valence-corrected chi connectivity index (χ0v) is 11.5. The summed E-state index contributed by atoms with van der Waals surface area (Å²) in [4.78, 5) is 12.0. The van der Waals surface area contributed by atoms with Crippen molar-refractivity contribution in [2.24, 2.45) is 0 Å². The molecule has 20 heavy (non-hydrogen) atoms. The van der Waals surface area contributed by atoms with Gasteiger partial charge in [0.15, 0.2) is 0 Å². The molecule has 0 aromatic heterocycles. The van der Waals surface area contributed by atoms with Gasteiger partial charge < -0.3 is 5.32 Å². The Balaban J connectivity index is 2.30. The maximum Gasteiger partial charge on any atom is 0.255 e. The molecule has 1 amide bonds. The van der Waals surface area contributed by atoms with E-state index in [-0.39, 0.29) is 21.8 Å². The van der Waals surface area contributed by atoms with Crippen LogP contribution in [0.5, 0.6) is 0 Å². The number of rotatable bonds is 2. The van der Waals surface area contributed by atoms with Crippen molar-refractivity contribution in [3.8, 4) is 6.07 Å². The number of hydrogen-bond donors (Lipinski definition) is 1. The largest absolute Gasteiger partial charge is 0.321 e. The first-order valence-electron chi connectivity index (χ1n) is 5.47. The second-order valence-electron chi connectivity index (χ2n) is 3.88. The lowest BCUT2D eigenvalue weighted by Crippen LogP contribution is -2.13. The fraction of sp³-hybridized carbons (Fsp3) is 0. The van der Waals surface area contributed by atoms with Gasteiger partial charge in [-0.25, -0.2) is 4.39 Å². The van der Waals surface area contributed by atoms with Crippen LogP contribution >= 0.6 is 23.2 Å². The number of nitriles is 1. The van der Waals surface area contributed by atoms with Gasteiger partial charge in [0.1, 0.15) is 11.9 Å². The zero-order chi connectivity index (χ0) is 14.7. The topological polar surface area (TPSA) is 52.9 Å². The van der Waals surface area contributed by atoms with Crippen molar-refractivity contribution in [1.29, 1.82) is 5.26 Å². The summed E-state index contributed by atoms with van der Waals surface area (Å²) in [7, 11) is 0. The number of nitrogens with zero attached hydrogens (tertiary/aromatic N) is 1. The van der Waals surface area contributed by atoms with Gasteiger partial charge in [0.05, 0.1) is 16.3 Å². The molecule has 0 saturated heterocycles. The van der Waals surface area contributed by atoms with Gasteiger partial charge in [-0.2, -0.15) is 5.26 Å². The SMILES string of the molecule is N#Cc1ccc(Cl)cc1NC(=O)c1ccc(Cl)c(F)c1. The first-order chi connectivity index (χ1) is 9.51. The van der Waals surface area contributed by atoms with Crippen LogP contribution in [0.15, 0.2) is 36.4 Å². The standard InChI is InChI=1S/C14H7Cl2FN2O/c15-10-3-1-9(7-18)13(6-10)19-14(20)8-2-4-11(16)12(17)5-8/h1-6H,(H,19,20).